The minimum absolute atomic E-state index is 0.160. The van der Waals surface area contributed by atoms with E-state index in [2.05, 4.69) is 0 Å². The Hall–Kier alpha value is -1.72. The predicted octanol–water partition coefficient (Wildman–Crippen LogP) is 0.674. The SMILES string of the molecule is CCOC(=O)Cn1cc(O)n(C(C)(C)C)c1=O. The summed E-state index contributed by atoms with van der Waals surface area (Å²) in [7, 11) is 0. The van der Waals surface area contributed by atoms with Crippen LogP contribution in [0.15, 0.2) is 11.0 Å². The lowest BCUT2D eigenvalue weighted by atomic mass is 10.1. The van der Waals surface area contributed by atoms with E-state index in [0.29, 0.717) is 0 Å². The fourth-order valence-electron chi connectivity index (χ4n) is 1.57. The average Bonchev–Trinajstić information content (AvgIpc) is 2.40. The Bertz CT molecular complexity index is 465. The first-order valence-corrected chi connectivity index (χ1v) is 5.44. The molecule has 0 saturated heterocycles. The van der Waals surface area contributed by atoms with E-state index in [9.17, 15) is 14.7 Å². The van der Waals surface area contributed by atoms with Crippen molar-refractivity contribution in [3.63, 3.8) is 0 Å². The molecule has 1 aromatic heterocycles. The Morgan fingerprint density at radius 1 is 1.47 bits per heavy atom. The third kappa shape index (κ3) is 2.89. The summed E-state index contributed by atoms with van der Waals surface area (Å²) in [4.78, 5) is 23.2. The smallest absolute Gasteiger partial charge is 0.332 e. The van der Waals surface area contributed by atoms with Crippen LogP contribution in [0.5, 0.6) is 5.88 Å². The molecule has 0 radical (unpaired) electrons. The first kappa shape index (κ1) is 13.3. The number of hydrogen-bond donors (Lipinski definition) is 1. The zero-order chi connectivity index (χ0) is 13.2. The van der Waals surface area contributed by atoms with Crippen molar-refractivity contribution < 1.29 is 14.6 Å². The van der Waals surface area contributed by atoms with Crippen LogP contribution in [-0.4, -0.2) is 26.8 Å². The summed E-state index contributed by atoms with van der Waals surface area (Å²) in [5.74, 6) is -0.660. The Balaban J connectivity index is 3.06. The number of imidazole rings is 1. The van der Waals surface area contributed by atoms with E-state index in [4.69, 9.17) is 4.74 Å². The molecule has 1 N–H and O–H groups in total. The fraction of sp³-hybridized carbons (Fsp3) is 0.636. The molecular formula is C11H18N2O4. The third-order valence-electron chi connectivity index (χ3n) is 2.21. The second-order valence-electron chi connectivity index (χ2n) is 4.71. The van der Waals surface area contributed by atoms with Gasteiger partial charge in [-0.1, -0.05) is 0 Å². The molecule has 0 saturated carbocycles. The molecule has 6 heteroatoms. The Kier molecular flexibility index (Phi) is 3.65. The van der Waals surface area contributed by atoms with Gasteiger partial charge in [-0.3, -0.25) is 13.9 Å². The van der Waals surface area contributed by atoms with Crippen LogP contribution in [0.2, 0.25) is 0 Å². The Morgan fingerprint density at radius 2 is 2.06 bits per heavy atom. The number of aromatic nitrogens is 2. The second kappa shape index (κ2) is 4.65. The summed E-state index contributed by atoms with van der Waals surface area (Å²) in [6.07, 6.45) is 1.24. The highest BCUT2D eigenvalue weighted by Gasteiger charge is 2.22. The molecule has 0 aliphatic carbocycles. The first-order valence-electron chi connectivity index (χ1n) is 5.44. The van der Waals surface area contributed by atoms with E-state index in [-0.39, 0.29) is 19.0 Å². The van der Waals surface area contributed by atoms with Crippen LogP contribution in [0.4, 0.5) is 0 Å². The summed E-state index contributed by atoms with van der Waals surface area (Å²) in [6.45, 7) is 7.15. The van der Waals surface area contributed by atoms with Crippen LogP contribution < -0.4 is 5.69 Å². The summed E-state index contributed by atoms with van der Waals surface area (Å²) in [5, 5.41) is 9.68. The molecule has 1 rings (SSSR count). The van der Waals surface area contributed by atoms with Crippen LogP contribution in [0.1, 0.15) is 27.7 Å². The van der Waals surface area contributed by atoms with Crippen molar-refractivity contribution in [2.45, 2.75) is 39.8 Å². The van der Waals surface area contributed by atoms with Gasteiger partial charge in [-0.2, -0.15) is 0 Å². The lowest BCUT2D eigenvalue weighted by Crippen LogP contribution is -2.35. The van der Waals surface area contributed by atoms with Crippen LogP contribution in [0, 0.1) is 0 Å². The number of nitrogens with zero attached hydrogens (tertiary/aromatic N) is 2. The number of aromatic hydroxyl groups is 1. The van der Waals surface area contributed by atoms with E-state index < -0.39 is 17.2 Å². The number of rotatable bonds is 3. The van der Waals surface area contributed by atoms with Gasteiger partial charge < -0.3 is 9.84 Å². The van der Waals surface area contributed by atoms with E-state index in [1.54, 1.807) is 27.7 Å². The first-order chi connectivity index (χ1) is 7.77. The van der Waals surface area contributed by atoms with Gasteiger partial charge in [-0.15, -0.1) is 0 Å². The van der Waals surface area contributed by atoms with Crippen molar-refractivity contribution in [3.05, 3.63) is 16.7 Å². The van der Waals surface area contributed by atoms with Crippen LogP contribution in [0.3, 0.4) is 0 Å². The van der Waals surface area contributed by atoms with Gasteiger partial charge in [-0.05, 0) is 27.7 Å². The number of esters is 1. The van der Waals surface area contributed by atoms with Crippen LogP contribution in [0.25, 0.3) is 0 Å². The van der Waals surface area contributed by atoms with Gasteiger partial charge in [0.25, 0.3) is 0 Å². The van der Waals surface area contributed by atoms with Crippen LogP contribution in [-0.2, 0) is 21.6 Å². The molecule has 1 heterocycles. The molecule has 1 aromatic rings. The number of ether oxygens (including phenoxy) is 1. The summed E-state index contributed by atoms with van der Waals surface area (Å²) >= 11 is 0. The molecule has 0 fully saturated rings. The van der Waals surface area contributed by atoms with Gasteiger partial charge in [0.2, 0.25) is 5.88 Å². The molecule has 0 aromatic carbocycles. The molecule has 0 aliphatic rings. The van der Waals surface area contributed by atoms with Gasteiger partial charge >= 0.3 is 11.7 Å². The lowest BCUT2D eigenvalue weighted by Gasteiger charge is -2.19. The van der Waals surface area contributed by atoms with Gasteiger partial charge in [0.15, 0.2) is 0 Å². The maximum absolute atomic E-state index is 11.9. The number of carbonyl (C=O) groups is 1. The van der Waals surface area contributed by atoms with E-state index >= 15 is 0 Å². The Morgan fingerprint density at radius 3 is 2.47 bits per heavy atom. The molecule has 0 unspecified atom stereocenters. The normalized spacial score (nSPS) is 11.5. The van der Waals surface area contributed by atoms with Gasteiger partial charge in [0.05, 0.1) is 12.8 Å². The topological polar surface area (TPSA) is 73.5 Å². The molecular weight excluding hydrogens is 224 g/mol. The molecule has 0 atom stereocenters. The van der Waals surface area contributed by atoms with Crippen molar-refractivity contribution in [1.29, 1.82) is 0 Å². The minimum atomic E-state index is -0.541. The van der Waals surface area contributed by atoms with Gasteiger partial charge in [0, 0.05) is 5.54 Å². The molecule has 0 aliphatic heterocycles. The molecule has 6 nitrogen and oxygen atoms in total. The highest BCUT2D eigenvalue weighted by atomic mass is 16.5. The Labute approximate surface area is 99.4 Å². The molecule has 0 spiro atoms. The molecule has 0 bridgehead atoms. The minimum Gasteiger partial charge on any atom is -0.493 e. The van der Waals surface area contributed by atoms with E-state index in [0.717, 1.165) is 4.57 Å². The second-order valence-corrected chi connectivity index (χ2v) is 4.71. The van der Waals surface area contributed by atoms with Crippen molar-refractivity contribution >= 4 is 5.97 Å². The standard InChI is InChI=1S/C11H18N2O4/c1-5-17-9(15)7-12-6-8(14)13(10(12)16)11(2,3)4/h6,14H,5,7H2,1-4H3. The molecule has 96 valence electrons. The summed E-state index contributed by atoms with van der Waals surface area (Å²) in [5.41, 5.74) is -0.968. The fourth-order valence-corrected chi connectivity index (χ4v) is 1.57. The average molecular weight is 242 g/mol. The third-order valence-corrected chi connectivity index (χ3v) is 2.21. The zero-order valence-corrected chi connectivity index (χ0v) is 10.6. The highest BCUT2D eigenvalue weighted by Crippen LogP contribution is 2.18. The maximum atomic E-state index is 11.9. The van der Waals surface area contributed by atoms with Gasteiger partial charge in [-0.25, -0.2) is 4.79 Å². The lowest BCUT2D eigenvalue weighted by molar-refractivity contribution is -0.143. The van der Waals surface area contributed by atoms with Crippen molar-refractivity contribution in [2.75, 3.05) is 6.61 Å². The highest BCUT2D eigenvalue weighted by molar-refractivity contribution is 5.69. The predicted molar refractivity (Wildman–Crippen MR) is 62.0 cm³/mol. The number of hydrogen-bond acceptors (Lipinski definition) is 4. The van der Waals surface area contributed by atoms with E-state index in [1.807, 2.05) is 0 Å². The quantitative estimate of drug-likeness (QED) is 0.791. The monoisotopic (exact) mass is 242 g/mol. The molecule has 0 amide bonds. The number of carbonyl (C=O) groups excluding carboxylic acids is 1. The zero-order valence-electron chi connectivity index (χ0n) is 10.6. The summed E-state index contributed by atoms with van der Waals surface area (Å²) < 4.78 is 7.11. The van der Waals surface area contributed by atoms with Gasteiger partial charge in [0.1, 0.15) is 6.54 Å². The largest absolute Gasteiger partial charge is 0.493 e. The summed E-state index contributed by atoms with van der Waals surface area (Å²) in [6, 6.07) is 0. The van der Waals surface area contributed by atoms with Crippen LogP contribution >= 0.6 is 0 Å². The maximum Gasteiger partial charge on any atom is 0.332 e. The van der Waals surface area contributed by atoms with Crippen molar-refractivity contribution in [3.8, 4) is 5.88 Å². The van der Waals surface area contributed by atoms with E-state index in [1.165, 1.54) is 10.8 Å². The van der Waals surface area contributed by atoms with Crippen molar-refractivity contribution in [2.24, 2.45) is 0 Å². The van der Waals surface area contributed by atoms with Crippen molar-refractivity contribution in [1.82, 2.24) is 9.13 Å². The molecule has 17 heavy (non-hydrogen) atoms.